The number of thiophene rings is 1. The lowest BCUT2D eigenvalue weighted by atomic mass is 10.1. The second kappa shape index (κ2) is 10.6. The summed E-state index contributed by atoms with van der Waals surface area (Å²) in [5.74, 6) is 1.12. The highest BCUT2D eigenvalue weighted by atomic mass is 32.1. The van der Waals surface area contributed by atoms with Crippen molar-refractivity contribution in [3.05, 3.63) is 71.2 Å². The summed E-state index contributed by atoms with van der Waals surface area (Å²) in [7, 11) is 0. The zero-order chi connectivity index (χ0) is 27.8. The van der Waals surface area contributed by atoms with E-state index in [2.05, 4.69) is 20.9 Å². The minimum atomic E-state index is -0.351. The number of nitrogens with one attached hydrogen (secondary N) is 3. The van der Waals surface area contributed by atoms with E-state index in [-0.39, 0.29) is 29.9 Å². The van der Waals surface area contributed by atoms with Gasteiger partial charge in [0.15, 0.2) is 0 Å². The lowest BCUT2D eigenvalue weighted by Gasteiger charge is -2.30. The number of aromatic nitrogens is 1. The molecule has 10 heteroatoms. The van der Waals surface area contributed by atoms with Crippen LogP contribution in [0.2, 0.25) is 0 Å². The van der Waals surface area contributed by atoms with Gasteiger partial charge in [0.05, 0.1) is 22.4 Å². The summed E-state index contributed by atoms with van der Waals surface area (Å²) in [5, 5.41) is 9.87. The number of para-hydroxylation sites is 1. The predicted molar refractivity (Wildman–Crippen MR) is 156 cm³/mol. The van der Waals surface area contributed by atoms with Gasteiger partial charge >= 0.3 is 6.03 Å². The van der Waals surface area contributed by atoms with Gasteiger partial charge in [0.1, 0.15) is 21.2 Å². The van der Waals surface area contributed by atoms with Crippen molar-refractivity contribution in [1.29, 1.82) is 0 Å². The van der Waals surface area contributed by atoms with Crippen LogP contribution in [0.25, 0.3) is 10.2 Å². The molecule has 0 bridgehead atoms. The summed E-state index contributed by atoms with van der Waals surface area (Å²) >= 11 is 1.27. The first-order valence-corrected chi connectivity index (χ1v) is 14.2. The van der Waals surface area contributed by atoms with Crippen molar-refractivity contribution in [3.8, 4) is 11.5 Å². The summed E-state index contributed by atoms with van der Waals surface area (Å²) < 4.78 is 5.99. The zero-order valence-corrected chi connectivity index (χ0v) is 23.0. The number of rotatable bonds is 7. The molecule has 4 amide bonds. The molecule has 6 rings (SSSR count). The fraction of sp³-hybridized carbons (Fsp3) is 0.267. The number of benzene rings is 2. The van der Waals surface area contributed by atoms with E-state index in [1.807, 2.05) is 62.4 Å². The van der Waals surface area contributed by atoms with Crippen LogP contribution in [0.3, 0.4) is 0 Å². The van der Waals surface area contributed by atoms with Gasteiger partial charge in [0.2, 0.25) is 5.91 Å². The van der Waals surface area contributed by atoms with Crippen molar-refractivity contribution in [2.75, 3.05) is 10.2 Å². The van der Waals surface area contributed by atoms with Gasteiger partial charge in [0, 0.05) is 24.7 Å². The van der Waals surface area contributed by atoms with Crippen molar-refractivity contribution >= 4 is 56.5 Å². The van der Waals surface area contributed by atoms with Gasteiger partial charge in [-0.2, -0.15) is 0 Å². The van der Waals surface area contributed by atoms with E-state index in [0.29, 0.717) is 51.1 Å². The minimum Gasteiger partial charge on any atom is -0.457 e. The summed E-state index contributed by atoms with van der Waals surface area (Å²) in [5.41, 5.74) is 2.61. The van der Waals surface area contributed by atoms with Crippen molar-refractivity contribution < 1.29 is 19.1 Å². The molecule has 9 nitrogen and oxygen atoms in total. The third-order valence-electron chi connectivity index (χ3n) is 7.28. The first-order chi connectivity index (χ1) is 19.4. The molecule has 0 spiro atoms. The van der Waals surface area contributed by atoms with Crippen LogP contribution in [-0.4, -0.2) is 34.9 Å². The quantitative estimate of drug-likeness (QED) is 0.249. The maximum absolute atomic E-state index is 13.7. The minimum absolute atomic E-state index is 0.0155. The molecule has 0 saturated heterocycles. The maximum atomic E-state index is 13.7. The molecule has 0 radical (unpaired) electrons. The smallest absolute Gasteiger partial charge is 0.331 e. The molecule has 2 aliphatic rings. The van der Waals surface area contributed by atoms with Crippen molar-refractivity contribution in [2.45, 2.75) is 51.6 Å². The number of amides is 4. The normalized spacial score (nSPS) is 17.9. The van der Waals surface area contributed by atoms with E-state index in [1.165, 1.54) is 11.3 Å². The standard InChI is InChI=1S/C30H29N5O4S/c1-3-24(36)32-18-9-10-19(16-18)33-28(37)27-26-25-22(13-14-31-29(25)40-27)34-30(38)35(26)23-12-11-21(15-17(23)2)39-20-7-5-4-6-8-20/h4-8,11-15,18-19H,3,9-10,16H2,1-2H3,(H,32,36)(H,33,37)(H,34,38)/t18-,19+/m1/s1. The predicted octanol–water partition coefficient (Wildman–Crippen LogP) is 6.26. The average Bonchev–Trinajstić information content (AvgIpc) is 3.55. The number of hydrogen-bond acceptors (Lipinski definition) is 6. The molecule has 3 heterocycles. The van der Waals surface area contributed by atoms with E-state index in [9.17, 15) is 14.4 Å². The second-order valence-corrected chi connectivity index (χ2v) is 11.0. The Kier molecular flexibility index (Phi) is 6.85. The van der Waals surface area contributed by atoms with Gasteiger partial charge in [-0.25, -0.2) is 9.78 Å². The monoisotopic (exact) mass is 555 g/mol. The summed E-state index contributed by atoms with van der Waals surface area (Å²) in [6.45, 7) is 3.73. The fourth-order valence-corrected chi connectivity index (χ4v) is 6.43. The Bertz CT molecular complexity index is 1620. The van der Waals surface area contributed by atoms with Gasteiger partial charge in [0.25, 0.3) is 5.91 Å². The molecule has 204 valence electrons. The lowest BCUT2D eigenvalue weighted by molar-refractivity contribution is -0.121. The SMILES string of the molecule is CCC(=O)N[C@@H]1CC[C@H](NC(=O)c2sc3nccc4c3c2N(c2ccc(Oc3ccccc3)cc2C)C(=O)N4)C1. The van der Waals surface area contributed by atoms with Gasteiger partial charge in [-0.15, -0.1) is 11.3 Å². The molecule has 1 saturated carbocycles. The molecule has 1 aliphatic carbocycles. The average molecular weight is 556 g/mol. The van der Waals surface area contributed by atoms with E-state index in [0.717, 1.165) is 23.8 Å². The number of carbonyl (C=O) groups excluding carboxylic acids is 3. The molecule has 1 aliphatic heterocycles. The third kappa shape index (κ3) is 4.86. The van der Waals surface area contributed by atoms with E-state index >= 15 is 0 Å². The van der Waals surface area contributed by atoms with Crippen LogP contribution in [0.1, 0.15) is 47.8 Å². The molecule has 0 unspecified atom stereocenters. The summed E-state index contributed by atoms with van der Waals surface area (Å²) in [6.07, 6.45) is 4.33. The maximum Gasteiger partial charge on any atom is 0.331 e. The number of hydrogen-bond donors (Lipinski definition) is 3. The molecule has 1 fully saturated rings. The number of aryl methyl sites for hydroxylation is 1. The van der Waals surface area contributed by atoms with Crippen LogP contribution in [0.5, 0.6) is 11.5 Å². The van der Waals surface area contributed by atoms with Crippen LogP contribution in [0, 0.1) is 6.92 Å². The first kappa shape index (κ1) is 25.8. The third-order valence-corrected chi connectivity index (χ3v) is 8.37. The Morgan fingerprint density at radius 2 is 1.85 bits per heavy atom. The Morgan fingerprint density at radius 3 is 2.60 bits per heavy atom. The molecule has 40 heavy (non-hydrogen) atoms. The molecule has 2 aromatic carbocycles. The van der Waals surface area contributed by atoms with Crippen LogP contribution in [0.4, 0.5) is 21.9 Å². The Labute approximate surface area is 235 Å². The molecule has 2 atom stereocenters. The largest absolute Gasteiger partial charge is 0.457 e. The highest BCUT2D eigenvalue weighted by Gasteiger charge is 2.36. The topological polar surface area (TPSA) is 113 Å². The first-order valence-electron chi connectivity index (χ1n) is 13.4. The summed E-state index contributed by atoms with van der Waals surface area (Å²) in [4.78, 5) is 46.2. The van der Waals surface area contributed by atoms with Gasteiger partial charge < -0.3 is 20.7 Å². The number of ether oxygens (including phenoxy) is 1. The molecule has 3 N–H and O–H groups in total. The molecule has 4 aromatic rings. The Morgan fingerprint density at radius 1 is 1.07 bits per heavy atom. The van der Waals surface area contributed by atoms with E-state index in [1.54, 1.807) is 17.2 Å². The van der Waals surface area contributed by atoms with Crippen molar-refractivity contribution in [3.63, 3.8) is 0 Å². The molecule has 2 aromatic heterocycles. The van der Waals surface area contributed by atoms with Gasteiger partial charge in [-0.1, -0.05) is 25.1 Å². The Balaban J connectivity index is 1.32. The lowest BCUT2D eigenvalue weighted by Crippen LogP contribution is -2.38. The number of urea groups is 1. The highest BCUT2D eigenvalue weighted by Crippen LogP contribution is 2.47. The van der Waals surface area contributed by atoms with Crippen LogP contribution in [0.15, 0.2) is 60.8 Å². The number of nitrogens with zero attached hydrogens (tertiary/aromatic N) is 2. The fourth-order valence-electron chi connectivity index (χ4n) is 5.37. The van der Waals surface area contributed by atoms with Crippen LogP contribution >= 0.6 is 11.3 Å². The molecular weight excluding hydrogens is 526 g/mol. The van der Waals surface area contributed by atoms with Crippen molar-refractivity contribution in [1.82, 2.24) is 15.6 Å². The number of anilines is 3. The van der Waals surface area contributed by atoms with Crippen LogP contribution in [-0.2, 0) is 4.79 Å². The van der Waals surface area contributed by atoms with Gasteiger partial charge in [-0.3, -0.25) is 14.5 Å². The second-order valence-electron chi connectivity index (χ2n) is 10.0. The van der Waals surface area contributed by atoms with E-state index < -0.39 is 0 Å². The zero-order valence-electron chi connectivity index (χ0n) is 22.2. The highest BCUT2D eigenvalue weighted by molar-refractivity contribution is 7.21. The van der Waals surface area contributed by atoms with Crippen LogP contribution < -0.4 is 25.6 Å². The number of carbonyl (C=O) groups is 3. The number of pyridine rings is 1. The van der Waals surface area contributed by atoms with E-state index in [4.69, 9.17) is 4.74 Å². The van der Waals surface area contributed by atoms with Gasteiger partial charge in [-0.05, 0) is 68.1 Å². The Hall–Kier alpha value is -4.44. The molecular formula is C30H29N5O4S. The van der Waals surface area contributed by atoms with Crippen molar-refractivity contribution in [2.24, 2.45) is 0 Å². The summed E-state index contributed by atoms with van der Waals surface area (Å²) in [6, 6.07) is 16.4.